The van der Waals surface area contributed by atoms with Gasteiger partial charge >= 0.3 is 0 Å². The summed E-state index contributed by atoms with van der Waals surface area (Å²) < 4.78 is 0.853. The molecule has 198 valence electrons. The Morgan fingerprint density at radius 1 is 1.32 bits per heavy atom. The number of aliphatic imine (C=N–C) groups is 1. The topological polar surface area (TPSA) is 146 Å². The summed E-state index contributed by atoms with van der Waals surface area (Å²) in [6, 6.07) is 2.32. The molecule has 5 heterocycles. The average Bonchev–Trinajstić information content (AvgIpc) is 3.63. The second-order valence-electron chi connectivity index (χ2n) is 9.65. The van der Waals surface area contributed by atoms with Crippen molar-refractivity contribution in [3.63, 3.8) is 0 Å². The third-order valence-corrected chi connectivity index (χ3v) is 7.87. The van der Waals surface area contributed by atoms with E-state index in [1.54, 1.807) is 29.4 Å². The van der Waals surface area contributed by atoms with Crippen molar-refractivity contribution in [1.82, 2.24) is 25.5 Å². The minimum atomic E-state index is -0.683. The minimum absolute atomic E-state index is 0.147. The molecule has 2 unspecified atom stereocenters. The third-order valence-electron chi connectivity index (χ3n) is 6.35. The first-order valence-electron chi connectivity index (χ1n) is 12.3. The lowest BCUT2D eigenvalue weighted by Gasteiger charge is -2.30. The fraction of sp³-hybridized carbons (Fsp3) is 0.346. The van der Waals surface area contributed by atoms with Crippen LogP contribution in [0.3, 0.4) is 0 Å². The summed E-state index contributed by atoms with van der Waals surface area (Å²) in [6.07, 6.45) is 7.54. The molecule has 0 bridgehead atoms. The molecule has 12 heteroatoms. The number of nitrogens with two attached hydrogens (primary N) is 1. The van der Waals surface area contributed by atoms with Crippen LogP contribution in [-0.4, -0.2) is 56.3 Å². The van der Waals surface area contributed by atoms with E-state index in [1.807, 2.05) is 36.7 Å². The number of carbonyl (C=O) groups is 2. The van der Waals surface area contributed by atoms with Gasteiger partial charge in [0.15, 0.2) is 10.8 Å². The molecule has 0 spiro atoms. The number of aliphatic hydroxyl groups excluding tert-OH is 1. The highest BCUT2D eigenvalue weighted by Crippen LogP contribution is 2.36. The summed E-state index contributed by atoms with van der Waals surface area (Å²) in [5.41, 5.74) is 8.45. The van der Waals surface area contributed by atoms with Gasteiger partial charge in [0.1, 0.15) is 17.9 Å². The largest absolute Gasteiger partial charge is 0.394 e. The first-order chi connectivity index (χ1) is 18.3. The van der Waals surface area contributed by atoms with Gasteiger partial charge in [-0.3, -0.25) is 14.6 Å². The van der Waals surface area contributed by atoms with E-state index in [-0.39, 0.29) is 31.0 Å². The molecule has 3 aromatic rings. The second-order valence-corrected chi connectivity index (χ2v) is 11.5. The molecule has 0 radical (unpaired) electrons. The number of rotatable bonds is 9. The normalized spacial score (nSPS) is 19.3. The van der Waals surface area contributed by atoms with E-state index in [1.165, 1.54) is 22.7 Å². The van der Waals surface area contributed by atoms with E-state index in [9.17, 15) is 14.7 Å². The summed E-state index contributed by atoms with van der Waals surface area (Å²) >= 11 is 2.87. The summed E-state index contributed by atoms with van der Waals surface area (Å²) in [6.45, 7) is 4.21. The maximum absolute atomic E-state index is 13.5. The van der Waals surface area contributed by atoms with Crippen LogP contribution in [0.5, 0.6) is 0 Å². The molecule has 2 aliphatic rings. The molecule has 38 heavy (non-hydrogen) atoms. The van der Waals surface area contributed by atoms with Gasteiger partial charge in [-0.1, -0.05) is 25.2 Å². The van der Waals surface area contributed by atoms with E-state index < -0.39 is 12.1 Å². The summed E-state index contributed by atoms with van der Waals surface area (Å²) in [7, 11) is 0. The number of amides is 2. The van der Waals surface area contributed by atoms with E-state index >= 15 is 0 Å². The highest BCUT2D eigenvalue weighted by atomic mass is 32.1. The predicted octanol–water partition coefficient (Wildman–Crippen LogP) is 2.75. The molecule has 5 N–H and O–H groups in total. The molecule has 2 amide bonds. The number of hydrogen-bond donors (Lipinski definition) is 4. The zero-order valence-corrected chi connectivity index (χ0v) is 22.6. The number of allylic oxidation sites excluding steroid dienone is 2. The lowest BCUT2D eigenvalue weighted by molar-refractivity contribution is -0.126. The highest BCUT2D eigenvalue weighted by molar-refractivity contribution is 7.22. The predicted molar refractivity (Wildman–Crippen MR) is 149 cm³/mol. The zero-order valence-electron chi connectivity index (χ0n) is 21.0. The molecule has 10 nitrogen and oxygen atoms in total. The van der Waals surface area contributed by atoms with Gasteiger partial charge in [0.05, 0.1) is 22.9 Å². The Morgan fingerprint density at radius 2 is 2.16 bits per heavy atom. The molecule has 0 saturated heterocycles. The van der Waals surface area contributed by atoms with Gasteiger partial charge < -0.3 is 26.4 Å². The van der Waals surface area contributed by atoms with Crippen molar-refractivity contribution in [2.45, 2.75) is 44.9 Å². The Balaban J connectivity index is 1.35. The van der Waals surface area contributed by atoms with Gasteiger partial charge in [0.25, 0.3) is 5.91 Å². The van der Waals surface area contributed by atoms with Crippen molar-refractivity contribution in [2.75, 3.05) is 12.3 Å². The standard InChI is InChI=1S/C26H29N7O3S2/c1-14(2)8-17(12-34)30-25(36)21-20(16-5-7-37-13-16)31-23-18(4-3-6-33(21)23)24(35)29-11-15-9-19-22(28-10-15)32-26(27)38-19/h3-7,9-10,13-14,17,20-21,34H,8,11-12H2,1-2H3,(H,29,35)(H,30,36)(H2,27,28,32)/t17-,20?,21?/m0/s1. The smallest absolute Gasteiger partial charge is 0.255 e. The van der Waals surface area contributed by atoms with E-state index in [2.05, 4.69) is 20.6 Å². The maximum atomic E-state index is 13.5. The lowest BCUT2D eigenvalue weighted by atomic mass is 9.99. The van der Waals surface area contributed by atoms with Gasteiger partial charge in [-0.2, -0.15) is 11.3 Å². The molecule has 5 rings (SSSR count). The molecule has 2 aliphatic heterocycles. The number of anilines is 1. The first-order valence-corrected chi connectivity index (χ1v) is 14.1. The van der Waals surface area contributed by atoms with Gasteiger partial charge in [-0.05, 0) is 58.5 Å². The molecular formula is C26H29N7O3S2. The number of thiophene rings is 1. The second kappa shape index (κ2) is 11.0. The number of amidine groups is 1. The van der Waals surface area contributed by atoms with Gasteiger partial charge in [0.2, 0.25) is 5.91 Å². The van der Waals surface area contributed by atoms with Crippen molar-refractivity contribution in [3.05, 3.63) is 64.1 Å². The van der Waals surface area contributed by atoms with E-state index in [0.717, 1.165) is 15.8 Å². The number of nitrogen functional groups attached to an aromatic ring is 1. The SMILES string of the molecule is CC(C)C[C@@H](CO)NC(=O)C1C(c2ccsc2)N=C2C(C(=O)NCc3cnc4nc(N)sc4c3)=CC=CN21. The number of nitrogens with one attached hydrogen (secondary N) is 2. The van der Waals surface area contributed by atoms with Crippen molar-refractivity contribution < 1.29 is 14.7 Å². The van der Waals surface area contributed by atoms with Crippen LogP contribution in [0.25, 0.3) is 10.3 Å². The number of thiazole rings is 1. The van der Waals surface area contributed by atoms with Crippen LogP contribution in [0.2, 0.25) is 0 Å². The van der Waals surface area contributed by atoms with Gasteiger partial charge in [-0.15, -0.1) is 0 Å². The summed E-state index contributed by atoms with van der Waals surface area (Å²) in [4.78, 5) is 41.9. The number of fused-ring (bicyclic) bond motifs is 2. The Labute approximate surface area is 228 Å². The number of aromatic nitrogens is 2. The molecular weight excluding hydrogens is 522 g/mol. The first kappa shape index (κ1) is 26.0. The van der Waals surface area contributed by atoms with E-state index in [0.29, 0.717) is 34.5 Å². The maximum Gasteiger partial charge on any atom is 0.255 e. The quantitative estimate of drug-likeness (QED) is 0.320. The molecule has 0 aromatic carbocycles. The van der Waals surface area contributed by atoms with Gasteiger partial charge in [-0.25, -0.2) is 9.97 Å². The van der Waals surface area contributed by atoms with Crippen LogP contribution in [0.15, 0.2) is 58.0 Å². The number of pyridine rings is 1. The Kier molecular flexibility index (Phi) is 7.54. The number of carbonyl (C=O) groups excluding carboxylic acids is 2. The van der Waals surface area contributed by atoms with Crippen molar-refractivity contribution in [3.8, 4) is 0 Å². The van der Waals surface area contributed by atoms with Gasteiger partial charge in [0, 0.05) is 18.9 Å². The third kappa shape index (κ3) is 5.33. The number of hydrogen-bond acceptors (Lipinski definition) is 10. The van der Waals surface area contributed by atoms with Crippen LogP contribution in [0.1, 0.15) is 37.4 Å². The highest BCUT2D eigenvalue weighted by Gasteiger charge is 2.44. The Hall–Kier alpha value is -3.61. The Morgan fingerprint density at radius 3 is 2.89 bits per heavy atom. The van der Waals surface area contributed by atoms with Crippen molar-refractivity contribution in [1.29, 1.82) is 0 Å². The summed E-state index contributed by atoms with van der Waals surface area (Å²) in [5, 5.41) is 20.1. The monoisotopic (exact) mass is 551 g/mol. The fourth-order valence-electron chi connectivity index (χ4n) is 4.66. The zero-order chi connectivity index (χ0) is 26.8. The minimum Gasteiger partial charge on any atom is -0.394 e. The summed E-state index contributed by atoms with van der Waals surface area (Å²) in [5.74, 6) is 0.205. The fourth-order valence-corrected chi connectivity index (χ4v) is 6.11. The lowest BCUT2D eigenvalue weighted by Crippen LogP contribution is -2.51. The molecule has 0 saturated carbocycles. The number of nitrogens with zero attached hydrogens (tertiary/aromatic N) is 4. The van der Waals surface area contributed by atoms with Crippen molar-refractivity contribution in [2.24, 2.45) is 10.9 Å². The van der Waals surface area contributed by atoms with Crippen LogP contribution in [-0.2, 0) is 16.1 Å². The van der Waals surface area contributed by atoms with Crippen molar-refractivity contribution >= 4 is 55.8 Å². The van der Waals surface area contributed by atoms with Crippen LogP contribution in [0.4, 0.5) is 5.13 Å². The molecule has 0 fully saturated rings. The Bertz CT molecular complexity index is 1430. The molecule has 0 aliphatic carbocycles. The van der Waals surface area contributed by atoms with Crippen LogP contribution >= 0.6 is 22.7 Å². The molecule has 3 aromatic heterocycles. The number of aliphatic hydroxyl groups is 1. The molecule has 3 atom stereocenters. The van der Waals surface area contributed by atoms with Crippen LogP contribution in [0, 0.1) is 5.92 Å². The van der Waals surface area contributed by atoms with Crippen LogP contribution < -0.4 is 16.4 Å². The van der Waals surface area contributed by atoms with E-state index in [4.69, 9.17) is 10.7 Å². The average molecular weight is 552 g/mol.